The summed E-state index contributed by atoms with van der Waals surface area (Å²) in [6, 6.07) is 16.0. The molecule has 1 saturated carbocycles. The van der Waals surface area contributed by atoms with Crippen molar-refractivity contribution in [1.82, 2.24) is 4.90 Å². The van der Waals surface area contributed by atoms with Crippen molar-refractivity contribution in [3.8, 4) is 0 Å². The summed E-state index contributed by atoms with van der Waals surface area (Å²) in [4.78, 5) is 30.3. The zero-order chi connectivity index (χ0) is 23.5. The van der Waals surface area contributed by atoms with E-state index in [2.05, 4.69) is 9.89 Å². The number of rotatable bonds is 10. The summed E-state index contributed by atoms with van der Waals surface area (Å²) < 4.78 is 13.4. The maximum atomic E-state index is 13.4. The monoisotopic (exact) mass is 470 g/mol. The number of benzene rings is 2. The molecule has 1 aliphatic carbocycles. The van der Waals surface area contributed by atoms with E-state index >= 15 is 0 Å². The van der Waals surface area contributed by atoms with Crippen molar-refractivity contribution in [2.24, 2.45) is 4.99 Å². The van der Waals surface area contributed by atoms with Gasteiger partial charge in [-0.2, -0.15) is 0 Å². The van der Waals surface area contributed by atoms with Gasteiger partial charge < -0.3 is 10.0 Å². The molecule has 176 valence electrons. The Bertz CT molecular complexity index is 928. The van der Waals surface area contributed by atoms with E-state index in [9.17, 15) is 19.1 Å². The normalized spacial score (nSPS) is 14.8. The van der Waals surface area contributed by atoms with Crippen LogP contribution in [0.25, 0.3) is 0 Å². The summed E-state index contributed by atoms with van der Waals surface area (Å²) in [6.45, 7) is 0.261. The predicted octanol–water partition coefficient (Wildman–Crippen LogP) is 5.80. The number of carboxylic acids is 1. The van der Waals surface area contributed by atoms with Crippen LogP contribution in [-0.2, 0) is 11.3 Å². The molecule has 0 radical (unpaired) electrons. The van der Waals surface area contributed by atoms with Gasteiger partial charge in [0, 0.05) is 30.3 Å². The van der Waals surface area contributed by atoms with E-state index in [1.165, 1.54) is 30.3 Å². The third kappa shape index (κ3) is 8.31. The summed E-state index contributed by atoms with van der Waals surface area (Å²) in [5, 5.41) is 9.92. The molecule has 1 aliphatic rings. The van der Waals surface area contributed by atoms with Crippen LogP contribution < -0.4 is 0 Å². The van der Waals surface area contributed by atoms with Crippen LogP contribution in [-0.4, -0.2) is 45.3 Å². The number of ketones is 1. The third-order valence-corrected chi connectivity index (χ3v) is 6.87. The number of carbonyl (C=O) groups excluding carboxylic acids is 1. The van der Waals surface area contributed by atoms with Crippen LogP contribution >= 0.6 is 11.8 Å². The van der Waals surface area contributed by atoms with Gasteiger partial charge in [-0.25, -0.2) is 4.39 Å². The molecule has 0 spiro atoms. The van der Waals surface area contributed by atoms with Crippen molar-refractivity contribution >= 4 is 28.7 Å². The number of aliphatic carboxylic acids is 1. The molecular weight excluding hydrogens is 439 g/mol. The van der Waals surface area contributed by atoms with Gasteiger partial charge >= 0.3 is 5.97 Å². The van der Waals surface area contributed by atoms with Crippen molar-refractivity contribution in [2.75, 3.05) is 12.3 Å². The maximum Gasteiger partial charge on any atom is 0.325 e. The number of amidine groups is 1. The molecule has 0 atom stereocenters. The fourth-order valence-electron chi connectivity index (χ4n) is 4.05. The number of nitrogens with zero attached hydrogens (tertiary/aromatic N) is 2. The summed E-state index contributed by atoms with van der Waals surface area (Å²) >= 11 is 1.51. The van der Waals surface area contributed by atoms with Gasteiger partial charge in [-0.05, 0) is 37.0 Å². The third-order valence-electron chi connectivity index (χ3n) is 5.75. The van der Waals surface area contributed by atoms with Crippen LogP contribution in [0.5, 0.6) is 0 Å². The largest absolute Gasteiger partial charge is 0.480 e. The van der Waals surface area contributed by atoms with Crippen LogP contribution in [0, 0.1) is 5.82 Å². The first kappa shape index (κ1) is 25.0. The molecule has 0 heterocycles. The molecule has 0 saturated heterocycles. The molecule has 0 aromatic heterocycles. The van der Waals surface area contributed by atoms with Crippen LogP contribution in [0.3, 0.4) is 0 Å². The quantitative estimate of drug-likeness (QED) is 0.206. The number of carboxylic acid groups (broad SMARTS) is 1. The lowest BCUT2D eigenvalue weighted by molar-refractivity contribution is -0.135. The molecule has 0 bridgehead atoms. The van der Waals surface area contributed by atoms with E-state index in [1.54, 1.807) is 12.1 Å². The highest BCUT2D eigenvalue weighted by molar-refractivity contribution is 8.13. The fraction of sp³-hybridized carbons (Fsp3) is 0.423. The fourth-order valence-corrected chi connectivity index (χ4v) is 5.06. The van der Waals surface area contributed by atoms with E-state index < -0.39 is 5.97 Å². The molecule has 1 N–H and O–H groups in total. The zero-order valence-electron chi connectivity index (χ0n) is 18.8. The van der Waals surface area contributed by atoms with Crippen LogP contribution in [0.15, 0.2) is 59.6 Å². The number of hydrogen-bond acceptors (Lipinski definition) is 4. The van der Waals surface area contributed by atoms with Crippen LogP contribution in [0.2, 0.25) is 0 Å². The van der Waals surface area contributed by atoms with Crippen molar-refractivity contribution in [3.05, 3.63) is 71.5 Å². The Labute approximate surface area is 199 Å². The Hall–Kier alpha value is -2.67. The number of Topliss-reactive ketones (excluding diaryl/α,β-unsaturated/α-hetero) is 1. The SMILES string of the molecule is O=C(O)C/N=C(\SCCCC(=O)c1ccccc1)N(Cc1ccc(F)cc1)C1CCCCC1. The molecular formula is C26H31FN2O3S. The summed E-state index contributed by atoms with van der Waals surface area (Å²) in [5.74, 6) is -0.475. The van der Waals surface area contributed by atoms with Gasteiger partial charge in [-0.1, -0.05) is 73.5 Å². The second kappa shape index (κ2) is 13.1. The lowest BCUT2D eigenvalue weighted by Gasteiger charge is -2.36. The van der Waals surface area contributed by atoms with E-state index in [-0.39, 0.29) is 24.2 Å². The van der Waals surface area contributed by atoms with E-state index in [1.807, 2.05) is 30.3 Å². The zero-order valence-corrected chi connectivity index (χ0v) is 19.6. The number of hydrogen-bond donors (Lipinski definition) is 1. The van der Waals surface area contributed by atoms with Crippen LogP contribution in [0.1, 0.15) is 60.9 Å². The van der Waals surface area contributed by atoms with Crippen molar-refractivity contribution in [1.29, 1.82) is 0 Å². The molecule has 0 aliphatic heterocycles. The molecule has 2 aromatic carbocycles. The summed E-state index contributed by atoms with van der Waals surface area (Å²) in [6.07, 6.45) is 6.64. The number of thioether (sulfide) groups is 1. The molecule has 3 rings (SSSR count). The topological polar surface area (TPSA) is 70.0 Å². The van der Waals surface area contributed by atoms with E-state index in [0.29, 0.717) is 35.9 Å². The average molecular weight is 471 g/mol. The Morgan fingerprint density at radius 3 is 2.39 bits per heavy atom. The van der Waals surface area contributed by atoms with Crippen LogP contribution in [0.4, 0.5) is 4.39 Å². The minimum atomic E-state index is -0.974. The molecule has 0 amide bonds. The minimum Gasteiger partial charge on any atom is -0.480 e. The van der Waals surface area contributed by atoms with Gasteiger partial charge in [0.25, 0.3) is 0 Å². The van der Waals surface area contributed by atoms with E-state index in [0.717, 1.165) is 31.2 Å². The van der Waals surface area contributed by atoms with Gasteiger partial charge in [0.15, 0.2) is 11.0 Å². The van der Waals surface area contributed by atoms with Gasteiger partial charge in [0.1, 0.15) is 12.4 Å². The first-order valence-electron chi connectivity index (χ1n) is 11.5. The molecule has 2 aromatic rings. The standard InChI is InChI=1S/C26H31FN2O3S/c27-22-15-13-20(14-16-22)19-29(23-10-5-2-6-11-23)26(28-18-25(31)32)33-17-7-12-24(30)21-8-3-1-4-9-21/h1,3-4,8-9,13-16,23H,2,5-7,10-12,17-19H2,(H,31,32)/b28-26-. The van der Waals surface area contributed by atoms with Gasteiger partial charge in [0.05, 0.1) is 0 Å². The lowest BCUT2D eigenvalue weighted by Crippen LogP contribution is -2.40. The average Bonchev–Trinajstić information content (AvgIpc) is 2.84. The Morgan fingerprint density at radius 2 is 1.73 bits per heavy atom. The molecule has 5 nitrogen and oxygen atoms in total. The Balaban J connectivity index is 1.69. The highest BCUT2D eigenvalue weighted by Gasteiger charge is 2.25. The molecule has 7 heteroatoms. The Kier molecular flexibility index (Phi) is 9.94. The maximum absolute atomic E-state index is 13.4. The van der Waals surface area contributed by atoms with Gasteiger partial charge in [0.2, 0.25) is 0 Å². The van der Waals surface area contributed by atoms with Crippen molar-refractivity contribution < 1.29 is 19.1 Å². The number of aliphatic imine (C=N–C) groups is 1. The highest BCUT2D eigenvalue weighted by atomic mass is 32.2. The summed E-state index contributed by atoms with van der Waals surface area (Å²) in [5.41, 5.74) is 1.67. The predicted molar refractivity (Wildman–Crippen MR) is 131 cm³/mol. The lowest BCUT2D eigenvalue weighted by atomic mass is 9.94. The number of halogens is 1. The summed E-state index contributed by atoms with van der Waals surface area (Å²) in [7, 11) is 0. The smallest absolute Gasteiger partial charge is 0.325 e. The highest BCUT2D eigenvalue weighted by Crippen LogP contribution is 2.28. The first-order valence-corrected chi connectivity index (χ1v) is 12.5. The number of carbonyl (C=O) groups is 2. The molecule has 33 heavy (non-hydrogen) atoms. The van der Waals surface area contributed by atoms with Gasteiger partial charge in [-0.15, -0.1) is 0 Å². The Morgan fingerprint density at radius 1 is 1.03 bits per heavy atom. The van der Waals surface area contributed by atoms with E-state index in [4.69, 9.17) is 0 Å². The molecule has 0 unspecified atom stereocenters. The second-order valence-electron chi connectivity index (χ2n) is 8.28. The van der Waals surface area contributed by atoms with Crippen molar-refractivity contribution in [2.45, 2.75) is 57.5 Å². The molecule has 1 fully saturated rings. The minimum absolute atomic E-state index is 0.107. The van der Waals surface area contributed by atoms with Crippen molar-refractivity contribution in [3.63, 3.8) is 0 Å². The first-order chi connectivity index (χ1) is 16.0. The van der Waals surface area contributed by atoms with Gasteiger partial charge in [-0.3, -0.25) is 14.6 Å². The second-order valence-corrected chi connectivity index (χ2v) is 9.34.